The summed E-state index contributed by atoms with van der Waals surface area (Å²) >= 11 is 0. The number of halogens is 3. The van der Waals surface area contributed by atoms with Gasteiger partial charge in [0.25, 0.3) is 0 Å². The number of hydrogen-bond acceptors (Lipinski definition) is 3. The maximum Gasteiger partial charge on any atom is 0.573 e. The molecule has 0 aliphatic carbocycles. The molecule has 0 N–H and O–H groups in total. The predicted octanol–water partition coefficient (Wildman–Crippen LogP) is 4.20. The quantitative estimate of drug-likeness (QED) is 0.780. The molecule has 2 aliphatic rings. The van der Waals surface area contributed by atoms with Crippen molar-refractivity contribution in [2.45, 2.75) is 51.4 Å². The lowest BCUT2D eigenvalue weighted by Gasteiger charge is -2.34. The zero-order chi connectivity index (χ0) is 19.3. The van der Waals surface area contributed by atoms with Crippen molar-refractivity contribution in [2.24, 2.45) is 5.92 Å². The fourth-order valence-corrected chi connectivity index (χ4v) is 3.94. The fourth-order valence-electron chi connectivity index (χ4n) is 3.94. The number of nitrogens with zero attached hydrogens (tertiary/aromatic N) is 2. The van der Waals surface area contributed by atoms with Crippen molar-refractivity contribution in [3.63, 3.8) is 0 Å². The van der Waals surface area contributed by atoms with Crippen LogP contribution in [0.4, 0.5) is 13.2 Å². The van der Waals surface area contributed by atoms with Gasteiger partial charge in [-0.05, 0) is 56.5 Å². The van der Waals surface area contributed by atoms with Gasteiger partial charge in [0.05, 0.1) is 0 Å². The van der Waals surface area contributed by atoms with Gasteiger partial charge in [-0.2, -0.15) is 0 Å². The molecule has 27 heavy (non-hydrogen) atoms. The molecule has 0 radical (unpaired) electrons. The fraction of sp³-hybridized carbons (Fsp3) is 0.650. The Morgan fingerprint density at radius 1 is 0.963 bits per heavy atom. The second kappa shape index (κ2) is 8.95. The summed E-state index contributed by atoms with van der Waals surface area (Å²) in [6.45, 7) is 4.14. The van der Waals surface area contributed by atoms with Gasteiger partial charge in [-0.1, -0.05) is 25.0 Å². The molecular weight excluding hydrogens is 357 g/mol. The molecule has 7 heteroatoms. The van der Waals surface area contributed by atoms with Gasteiger partial charge in [0.1, 0.15) is 5.75 Å². The largest absolute Gasteiger partial charge is 0.573 e. The molecule has 0 aromatic heterocycles. The van der Waals surface area contributed by atoms with Gasteiger partial charge in [-0.15, -0.1) is 13.2 Å². The number of hydrogen-bond donors (Lipinski definition) is 0. The minimum absolute atomic E-state index is 0.113. The molecule has 4 nitrogen and oxygen atoms in total. The van der Waals surface area contributed by atoms with Crippen LogP contribution in [0.2, 0.25) is 0 Å². The van der Waals surface area contributed by atoms with Crippen LogP contribution in [0.15, 0.2) is 24.3 Å². The first-order valence-electron chi connectivity index (χ1n) is 9.76. The summed E-state index contributed by atoms with van der Waals surface area (Å²) in [5, 5.41) is 0. The molecule has 0 unspecified atom stereocenters. The Hall–Kier alpha value is -1.76. The van der Waals surface area contributed by atoms with Gasteiger partial charge < -0.3 is 9.64 Å². The summed E-state index contributed by atoms with van der Waals surface area (Å²) in [5.41, 5.74) is 0.946. The van der Waals surface area contributed by atoms with Crippen molar-refractivity contribution >= 4 is 5.91 Å². The summed E-state index contributed by atoms with van der Waals surface area (Å²) in [5.74, 6) is 0.222. The van der Waals surface area contributed by atoms with E-state index in [1.807, 2.05) is 4.90 Å². The zero-order valence-corrected chi connectivity index (χ0v) is 15.5. The average molecular weight is 384 g/mol. The molecule has 2 heterocycles. The van der Waals surface area contributed by atoms with E-state index >= 15 is 0 Å². The second-order valence-electron chi connectivity index (χ2n) is 7.48. The zero-order valence-electron chi connectivity index (χ0n) is 15.5. The van der Waals surface area contributed by atoms with Crippen molar-refractivity contribution in [2.75, 3.05) is 26.2 Å². The number of carbonyl (C=O) groups excluding carboxylic acids is 1. The van der Waals surface area contributed by atoms with E-state index < -0.39 is 6.36 Å². The minimum atomic E-state index is -4.66. The summed E-state index contributed by atoms with van der Waals surface area (Å²) in [7, 11) is 0. The Bertz CT molecular complexity index is 603. The minimum Gasteiger partial charge on any atom is -0.406 e. The molecule has 0 atom stereocenters. The molecule has 1 aromatic carbocycles. The van der Waals surface area contributed by atoms with Crippen molar-refractivity contribution in [3.05, 3.63) is 29.8 Å². The Labute approximate surface area is 158 Å². The van der Waals surface area contributed by atoms with Gasteiger partial charge in [0, 0.05) is 25.6 Å². The summed E-state index contributed by atoms with van der Waals surface area (Å²) < 4.78 is 40.5. The van der Waals surface area contributed by atoms with Gasteiger partial charge in [0.2, 0.25) is 5.91 Å². The Kier molecular flexibility index (Phi) is 6.63. The van der Waals surface area contributed by atoms with E-state index in [1.54, 1.807) is 12.1 Å². The van der Waals surface area contributed by atoms with Crippen LogP contribution in [0.25, 0.3) is 0 Å². The first-order chi connectivity index (χ1) is 12.9. The van der Waals surface area contributed by atoms with E-state index in [9.17, 15) is 18.0 Å². The van der Waals surface area contributed by atoms with Gasteiger partial charge in [-0.3, -0.25) is 9.69 Å². The summed E-state index contributed by atoms with van der Waals surface area (Å²) in [6.07, 6.45) is 1.69. The van der Waals surface area contributed by atoms with Crippen LogP contribution in [0.1, 0.15) is 44.1 Å². The molecule has 3 rings (SSSR count). The average Bonchev–Trinajstić information content (AvgIpc) is 2.92. The lowest BCUT2D eigenvalue weighted by molar-refractivity contribution is -0.274. The number of alkyl halides is 3. The second-order valence-corrected chi connectivity index (χ2v) is 7.48. The highest BCUT2D eigenvalue weighted by molar-refractivity contribution is 5.79. The third-order valence-electron chi connectivity index (χ3n) is 5.42. The lowest BCUT2D eigenvalue weighted by Crippen LogP contribution is -2.42. The van der Waals surface area contributed by atoms with Crippen LogP contribution >= 0.6 is 0 Å². The Morgan fingerprint density at radius 3 is 2.11 bits per heavy atom. The van der Waals surface area contributed by atoms with Crippen molar-refractivity contribution in [3.8, 4) is 5.75 Å². The predicted molar refractivity (Wildman–Crippen MR) is 96.2 cm³/mol. The maximum atomic E-state index is 12.7. The topological polar surface area (TPSA) is 32.8 Å². The van der Waals surface area contributed by atoms with Crippen molar-refractivity contribution in [1.82, 2.24) is 9.80 Å². The highest BCUT2D eigenvalue weighted by Crippen LogP contribution is 2.25. The molecular formula is C20H27F3N2O2. The molecule has 1 aromatic rings. The lowest BCUT2D eigenvalue weighted by atomic mass is 9.94. The van der Waals surface area contributed by atoms with Crippen LogP contribution in [0, 0.1) is 5.92 Å². The maximum absolute atomic E-state index is 12.7. The van der Waals surface area contributed by atoms with E-state index in [1.165, 1.54) is 25.0 Å². The van der Waals surface area contributed by atoms with Crippen LogP contribution in [0.5, 0.6) is 5.75 Å². The number of rotatable bonds is 4. The Balaban J connectivity index is 1.45. The SMILES string of the molecule is O=C(C1CCN(Cc2ccc(OC(F)(F)F)cc2)CC1)N1CCCCCC1. The summed E-state index contributed by atoms with van der Waals surface area (Å²) in [4.78, 5) is 17.0. The highest BCUT2D eigenvalue weighted by Gasteiger charge is 2.31. The molecule has 150 valence electrons. The molecule has 2 saturated heterocycles. The van der Waals surface area contributed by atoms with Crippen LogP contribution < -0.4 is 4.74 Å². The van der Waals surface area contributed by atoms with E-state index in [4.69, 9.17) is 0 Å². The van der Waals surface area contributed by atoms with Crippen LogP contribution in [0.3, 0.4) is 0 Å². The van der Waals surface area contributed by atoms with E-state index in [-0.39, 0.29) is 11.7 Å². The van der Waals surface area contributed by atoms with Gasteiger partial charge >= 0.3 is 6.36 Å². The highest BCUT2D eigenvalue weighted by atomic mass is 19.4. The number of piperidine rings is 1. The number of likely N-dealkylation sites (tertiary alicyclic amines) is 2. The van der Waals surface area contributed by atoms with E-state index in [0.717, 1.165) is 57.4 Å². The number of benzene rings is 1. The number of ether oxygens (including phenoxy) is 1. The molecule has 0 spiro atoms. The smallest absolute Gasteiger partial charge is 0.406 e. The third kappa shape index (κ3) is 6.13. The van der Waals surface area contributed by atoms with Gasteiger partial charge in [0.15, 0.2) is 0 Å². The first kappa shape index (κ1) is 20.0. The number of amides is 1. The van der Waals surface area contributed by atoms with Gasteiger partial charge in [-0.25, -0.2) is 0 Å². The first-order valence-corrected chi connectivity index (χ1v) is 9.76. The van der Waals surface area contributed by atoms with Crippen molar-refractivity contribution < 1.29 is 22.7 Å². The van der Waals surface area contributed by atoms with E-state index in [0.29, 0.717) is 12.5 Å². The number of carbonyl (C=O) groups is 1. The standard InChI is InChI=1S/C20H27F3N2O2/c21-20(22,23)27-18-7-5-16(6-8-18)15-24-13-9-17(10-14-24)19(26)25-11-3-1-2-4-12-25/h5-8,17H,1-4,9-15H2. The van der Waals surface area contributed by atoms with Crippen molar-refractivity contribution in [1.29, 1.82) is 0 Å². The molecule has 2 aliphatic heterocycles. The molecule has 2 fully saturated rings. The molecule has 0 bridgehead atoms. The van der Waals surface area contributed by atoms with Crippen LogP contribution in [-0.4, -0.2) is 48.2 Å². The van der Waals surface area contributed by atoms with E-state index in [2.05, 4.69) is 9.64 Å². The summed E-state index contributed by atoms with van der Waals surface area (Å²) in [6, 6.07) is 6.02. The third-order valence-corrected chi connectivity index (χ3v) is 5.42. The van der Waals surface area contributed by atoms with Crippen LogP contribution in [-0.2, 0) is 11.3 Å². The molecule has 0 saturated carbocycles. The monoisotopic (exact) mass is 384 g/mol. The Morgan fingerprint density at radius 2 is 1.56 bits per heavy atom. The normalized spacial score (nSPS) is 20.3. The molecule has 1 amide bonds.